The fraction of sp³-hybridized carbons (Fsp3) is 0.150. The molecule has 1 N–H and O–H groups in total. The Labute approximate surface area is 170 Å². The number of nitrogens with one attached hydrogen (secondary N) is 1. The van der Waals surface area contributed by atoms with Gasteiger partial charge in [0, 0.05) is 11.3 Å². The lowest BCUT2D eigenvalue weighted by Crippen LogP contribution is -2.14. The lowest BCUT2D eigenvalue weighted by atomic mass is 10.2. The van der Waals surface area contributed by atoms with Crippen molar-refractivity contribution >= 4 is 34.5 Å². The van der Waals surface area contributed by atoms with Crippen LogP contribution in [0.4, 0.5) is 10.1 Å². The predicted molar refractivity (Wildman–Crippen MR) is 109 cm³/mol. The lowest BCUT2D eigenvalue weighted by molar-refractivity contribution is -0.113. The van der Waals surface area contributed by atoms with Crippen LogP contribution in [0.1, 0.15) is 11.1 Å². The molecule has 0 aliphatic rings. The molecular weight excluding hydrogens is 391 g/mol. The van der Waals surface area contributed by atoms with Crippen LogP contribution < -0.4 is 5.32 Å². The summed E-state index contributed by atoms with van der Waals surface area (Å²) in [5.41, 5.74) is 3.28. The predicted octanol–water partition coefficient (Wildman–Crippen LogP) is 3.45. The number of anilines is 1. The number of carbonyl (C=O) groups is 1. The average Bonchev–Trinajstić information content (AvgIpc) is 3.12. The Bertz CT molecular complexity index is 1180. The second-order valence-corrected chi connectivity index (χ2v) is 7.36. The van der Waals surface area contributed by atoms with Gasteiger partial charge >= 0.3 is 0 Å². The van der Waals surface area contributed by atoms with Gasteiger partial charge in [-0.2, -0.15) is 0 Å². The van der Waals surface area contributed by atoms with Crippen molar-refractivity contribution in [3.63, 3.8) is 0 Å². The molecule has 0 aliphatic carbocycles. The molecule has 0 atom stereocenters. The molecule has 2 aromatic carbocycles. The molecule has 146 valence electrons. The third-order valence-electron chi connectivity index (χ3n) is 4.19. The second-order valence-electron chi connectivity index (χ2n) is 6.40. The average molecular weight is 408 g/mol. The number of benzene rings is 2. The molecule has 4 aromatic rings. The van der Waals surface area contributed by atoms with Crippen molar-refractivity contribution in [2.24, 2.45) is 0 Å². The standard InChI is InChI=1S/C20H17FN6OS/c1-13-5-4-7-15(9-13)24-17(28)11-29-20-18-19(22-12-23-20)27(26-25-18)10-14-6-2-3-8-16(14)21/h2-9,12H,10-11H2,1H3,(H,24,28). The molecule has 2 heterocycles. The van der Waals surface area contributed by atoms with Gasteiger partial charge in [0.15, 0.2) is 11.2 Å². The first-order valence-electron chi connectivity index (χ1n) is 8.87. The lowest BCUT2D eigenvalue weighted by Gasteiger charge is -2.06. The minimum absolute atomic E-state index is 0.147. The maximum Gasteiger partial charge on any atom is 0.234 e. The molecule has 1 amide bonds. The Hall–Kier alpha value is -3.33. The number of rotatable bonds is 6. The maximum absolute atomic E-state index is 13.9. The third-order valence-corrected chi connectivity index (χ3v) is 5.17. The number of aromatic nitrogens is 5. The SMILES string of the molecule is Cc1cccc(NC(=O)CSc2ncnc3c2nnn3Cc2ccccc2F)c1. The van der Waals surface area contributed by atoms with Gasteiger partial charge in [0.1, 0.15) is 17.2 Å². The van der Waals surface area contributed by atoms with E-state index in [0.717, 1.165) is 11.3 Å². The number of carbonyl (C=O) groups excluding carboxylic acids is 1. The van der Waals surface area contributed by atoms with Gasteiger partial charge in [0.25, 0.3) is 0 Å². The van der Waals surface area contributed by atoms with Gasteiger partial charge in [-0.3, -0.25) is 4.79 Å². The van der Waals surface area contributed by atoms with E-state index in [1.54, 1.807) is 18.2 Å². The number of hydrogen-bond donors (Lipinski definition) is 1. The minimum atomic E-state index is -0.312. The first-order chi connectivity index (χ1) is 14.1. The Kier molecular flexibility index (Phi) is 5.48. The normalized spacial score (nSPS) is 11.0. The summed E-state index contributed by atoms with van der Waals surface area (Å²) in [6.45, 7) is 2.17. The molecule has 0 unspecified atom stereocenters. The fourth-order valence-corrected chi connectivity index (χ4v) is 3.56. The summed E-state index contributed by atoms with van der Waals surface area (Å²) in [7, 11) is 0. The summed E-state index contributed by atoms with van der Waals surface area (Å²) < 4.78 is 15.5. The zero-order valence-corrected chi connectivity index (χ0v) is 16.4. The van der Waals surface area contributed by atoms with Crippen molar-refractivity contribution < 1.29 is 9.18 Å². The summed E-state index contributed by atoms with van der Waals surface area (Å²) >= 11 is 1.25. The molecule has 4 rings (SSSR count). The quantitative estimate of drug-likeness (QED) is 0.389. The van der Waals surface area contributed by atoms with E-state index in [1.807, 2.05) is 31.2 Å². The number of thioether (sulfide) groups is 1. The molecule has 7 nitrogen and oxygen atoms in total. The summed E-state index contributed by atoms with van der Waals surface area (Å²) in [5, 5.41) is 11.6. The van der Waals surface area contributed by atoms with Crippen LogP contribution in [0.2, 0.25) is 0 Å². The molecule has 0 fully saturated rings. The van der Waals surface area contributed by atoms with Gasteiger partial charge in [0.2, 0.25) is 5.91 Å². The van der Waals surface area contributed by atoms with Crippen molar-refractivity contribution in [1.29, 1.82) is 0 Å². The summed E-state index contributed by atoms with van der Waals surface area (Å²) in [4.78, 5) is 20.7. The smallest absolute Gasteiger partial charge is 0.234 e. The monoisotopic (exact) mass is 408 g/mol. The van der Waals surface area contributed by atoms with Gasteiger partial charge in [-0.1, -0.05) is 47.3 Å². The Morgan fingerprint density at radius 3 is 2.86 bits per heavy atom. The molecule has 0 aliphatic heterocycles. The first-order valence-corrected chi connectivity index (χ1v) is 9.85. The molecule has 0 saturated heterocycles. The van der Waals surface area contributed by atoms with Crippen LogP contribution in [0.25, 0.3) is 11.2 Å². The Morgan fingerprint density at radius 1 is 1.17 bits per heavy atom. The third kappa shape index (κ3) is 4.40. The van der Waals surface area contributed by atoms with Crippen molar-refractivity contribution in [3.8, 4) is 0 Å². The van der Waals surface area contributed by atoms with E-state index in [4.69, 9.17) is 0 Å². The van der Waals surface area contributed by atoms with Gasteiger partial charge in [-0.25, -0.2) is 19.0 Å². The minimum Gasteiger partial charge on any atom is -0.325 e. The summed E-state index contributed by atoms with van der Waals surface area (Å²) in [6, 6.07) is 14.1. The molecular formula is C20H17FN6OS. The van der Waals surface area contributed by atoms with E-state index in [2.05, 4.69) is 25.6 Å². The molecule has 2 aromatic heterocycles. The van der Waals surface area contributed by atoms with Crippen molar-refractivity contribution in [3.05, 3.63) is 71.8 Å². The van der Waals surface area contributed by atoms with Crippen LogP contribution in [0.15, 0.2) is 59.9 Å². The van der Waals surface area contributed by atoms with E-state index in [-0.39, 0.29) is 24.0 Å². The van der Waals surface area contributed by atoms with Crippen LogP contribution in [0.5, 0.6) is 0 Å². The number of hydrogen-bond acceptors (Lipinski definition) is 6. The number of fused-ring (bicyclic) bond motifs is 1. The summed E-state index contributed by atoms with van der Waals surface area (Å²) in [6.07, 6.45) is 1.39. The Balaban J connectivity index is 1.48. The molecule has 9 heteroatoms. The van der Waals surface area contributed by atoms with E-state index >= 15 is 0 Å². The van der Waals surface area contributed by atoms with E-state index in [0.29, 0.717) is 21.8 Å². The number of aryl methyl sites for hydroxylation is 1. The largest absolute Gasteiger partial charge is 0.325 e. The fourth-order valence-electron chi connectivity index (χ4n) is 2.83. The van der Waals surface area contributed by atoms with Gasteiger partial charge in [-0.05, 0) is 30.7 Å². The molecule has 0 saturated carbocycles. The zero-order valence-electron chi connectivity index (χ0n) is 15.5. The van der Waals surface area contributed by atoms with Gasteiger partial charge in [-0.15, -0.1) is 5.10 Å². The van der Waals surface area contributed by atoms with E-state index in [9.17, 15) is 9.18 Å². The van der Waals surface area contributed by atoms with Crippen LogP contribution in [-0.4, -0.2) is 36.6 Å². The van der Waals surface area contributed by atoms with Gasteiger partial charge < -0.3 is 5.32 Å². The van der Waals surface area contributed by atoms with Crippen LogP contribution in [0, 0.1) is 12.7 Å². The van der Waals surface area contributed by atoms with E-state index < -0.39 is 0 Å². The molecule has 29 heavy (non-hydrogen) atoms. The number of nitrogens with zero attached hydrogens (tertiary/aromatic N) is 5. The summed E-state index contributed by atoms with van der Waals surface area (Å²) in [5.74, 6) is -0.293. The number of amides is 1. The highest BCUT2D eigenvalue weighted by Gasteiger charge is 2.15. The number of halogens is 1. The van der Waals surface area contributed by atoms with Gasteiger partial charge in [0.05, 0.1) is 12.3 Å². The Morgan fingerprint density at radius 2 is 2.03 bits per heavy atom. The van der Waals surface area contributed by atoms with Crippen molar-refractivity contribution in [1.82, 2.24) is 25.0 Å². The van der Waals surface area contributed by atoms with Crippen molar-refractivity contribution in [2.45, 2.75) is 18.5 Å². The van der Waals surface area contributed by atoms with Crippen LogP contribution >= 0.6 is 11.8 Å². The van der Waals surface area contributed by atoms with Crippen molar-refractivity contribution in [2.75, 3.05) is 11.1 Å². The molecule has 0 radical (unpaired) electrons. The first kappa shape index (κ1) is 19.0. The topological polar surface area (TPSA) is 85.6 Å². The molecule has 0 spiro atoms. The highest BCUT2D eigenvalue weighted by atomic mass is 32.2. The van der Waals surface area contributed by atoms with Crippen LogP contribution in [0.3, 0.4) is 0 Å². The zero-order chi connectivity index (χ0) is 20.2. The highest BCUT2D eigenvalue weighted by molar-refractivity contribution is 8.00. The second kappa shape index (κ2) is 8.36. The highest BCUT2D eigenvalue weighted by Crippen LogP contribution is 2.23. The maximum atomic E-state index is 13.9. The van der Waals surface area contributed by atoms with E-state index in [1.165, 1.54) is 28.8 Å². The van der Waals surface area contributed by atoms with Crippen LogP contribution in [-0.2, 0) is 11.3 Å². The molecule has 0 bridgehead atoms.